The number of carbonyl (C=O) groups excluding carboxylic acids is 1. The van der Waals surface area contributed by atoms with Crippen molar-refractivity contribution in [2.45, 2.75) is 44.4 Å². The molecule has 1 unspecified atom stereocenters. The third-order valence-corrected chi connectivity index (χ3v) is 7.85. The van der Waals surface area contributed by atoms with E-state index < -0.39 is 29.3 Å². The first-order chi connectivity index (χ1) is 15.9. The summed E-state index contributed by atoms with van der Waals surface area (Å²) in [5, 5.41) is 17.0. The van der Waals surface area contributed by atoms with Crippen LogP contribution in [0.1, 0.15) is 42.6 Å². The van der Waals surface area contributed by atoms with Crippen LogP contribution in [0, 0.1) is 5.92 Å². The maximum Gasteiger partial charge on any atom is 0.417 e. The van der Waals surface area contributed by atoms with Crippen molar-refractivity contribution in [3.8, 4) is 0 Å². The molecule has 186 valence electrons. The number of amides is 2. The number of anilines is 1. The van der Waals surface area contributed by atoms with E-state index in [0.717, 1.165) is 17.4 Å². The molecule has 2 saturated heterocycles. The average molecular weight is 500 g/mol. The molecule has 4 rings (SSSR count). The van der Waals surface area contributed by atoms with Gasteiger partial charge in [-0.15, -0.1) is 11.3 Å². The van der Waals surface area contributed by atoms with E-state index in [4.69, 9.17) is 0 Å². The van der Waals surface area contributed by atoms with E-state index in [1.54, 1.807) is 4.90 Å². The summed E-state index contributed by atoms with van der Waals surface area (Å²) in [6.07, 6.45) is -4.30. The van der Waals surface area contributed by atoms with Gasteiger partial charge in [-0.1, -0.05) is 0 Å². The predicted octanol–water partition coefficient (Wildman–Crippen LogP) is 3.62. The Hall–Kier alpha value is -2.60. The molecule has 2 aliphatic heterocycles. The van der Waals surface area contributed by atoms with Crippen LogP contribution in [0.4, 0.5) is 23.8 Å². The Morgan fingerprint density at radius 1 is 1.26 bits per heavy atom. The van der Waals surface area contributed by atoms with Crippen molar-refractivity contribution in [2.75, 3.05) is 38.1 Å². The number of fused-ring (bicyclic) bond motifs is 1. The Balaban J connectivity index is 1.63. The van der Waals surface area contributed by atoms with Gasteiger partial charge < -0.3 is 25.5 Å². The molecule has 3 N–H and O–H groups in total. The summed E-state index contributed by atoms with van der Waals surface area (Å²) in [5.41, 5.74) is -1.05. The fourth-order valence-corrected chi connectivity index (χ4v) is 6.32. The van der Waals surface area contributed by atoms with Crippen LogP contribution < -0.4 is 15.5 Å². The molecule has 12 heteroatoms. The molecule has 2 amide bonds. The molecule has 8 nitrogen and oxygen atoms in total. The highest BCUT2D eigenvalue weighted by Crippen LogP contribution is 2.41. The minimum Gasteiger partial charge on any atom is -0.465 e. The van der Waals surface area contributed by atoms with Gasteiger partial charge in [0.2, 0.25) is 0 Å². The average Bonchev–Trinajstić information content (AvgIpc) is 3.20. The predicted molar refractivity (Wildman–Crippen MR) is 124 cm³/mol. The summed E-state index contributed by atoms with van der Waals surface area (Å²) in [7, 11) is 1.42. The van der Waals surface area contributed by atoms with E-state index in [9.17, 15) is 27.9 Å². The topological polar surface area (TPSA) is 97.8 Å². The fraction of sp³-hybridized carbons (Fsp3) is 0.591. The standard InChI is InChI=1S/C22H28F3N5O3S/c1-21(2)18(30(20(32)33)9-6-27-21)12-4-7-29(8-5-12)15-10-14(22(23,24)25)17-16(28-15)13(11-34-17)19(31)26-3/h10-12,18,27H,4-9H2,1-3H3,(H,26,31)(H,32,33). The SMILES string of the molecule is CNC(=O)c1csc2c(C(F)(F)F)cc(N3CCC(C4N(C(=O)O)CCNC4(C)C)CC3)nc12. The molecule has 0 radical (unpaired) electrons. The van der Waals surface area contributed by atoms with Crippen molar-refractivity contribution < 1.29 is 27.9 Å². The monoisotopic (exact) mass is 499 g/mol. The molecule has 2 fully saturated rings. The number of nitrogens with zero attached hydrogens (tertiary/aromatic N) is 3. The van der Waals surface area contributed by atoms with Crippen molar-refractivity contribution >= 4 is 39.4 Å². The van der Waals surface area contributed by atoms with Gasteiger partial charge in [0.05, 0.1) is 27.4 Å². The van der Waals surface area contributed by atoms with Crippen LogP contribution in [0.5, 0.6) is 0 Å². The van der Waals surface area contributed by atoms with Crippen molar-refractivity contribution in [2.24, 2.45) is 5.92 Å². The number of halogens is 3. The Labute approximate surface area is 199 Å². The zero-order chi connectivity index (χ0) is 24.8. The number of nitrogens with one attached hydrogen (secondary N) is 2. The number of hydrogen-bond donors (Lipinski definition) is 3. The van der Waals surface area contributed by atoms with Gasteiger partial charge in [-0.05, 0) is 38.7 Å². The van der Waals surface area contributed by atoms with Crippen molar-refractivity contribution in [3.05, 3.63) is 22.6 Å². The highest BCUT2D eigenvalue weighted by molar-refractivity contribution is 7.17. The molecule has 2 aromatic rings. The van der Waals surface area contributed by atoms with E-state index in [0.29, 0.717) is 39.0 Å². The Morgan fingerprint density at radius 3 is 2.53 bits per heavy atom. The smallest absolute Gasteiger partial charge is 0.417 e. The highest BCUT2D eigenvalue weighted by atomic mass is 32.1. The van der Waals surface area contributed by atoms with Crippen molar-refractivity contribution in [1.29, 1.82) is 0 Å². The van der Waals surface area contributed by atoms with Crippen LogP contribution >= 0.6 is 11.3 Å². The quantitative estimate of drug-likeness (QED) is 0.597. The molecule has 34 heavy (non-hydrogen) atoms. The summed E-state index contributed by atoms with van der Waals surface area (Å²) >= 11 is 0.858. The minimum atomic E-state index is -4.58. The lowest BCUT2D eigenvalue weighted by atomic mass is 9.77. The van der Waals surface area contributed by atoms with Gasteiger partial charge in [0, 0.05) is 44.1 Å². The van der Waals surface area contributed by atoms with Gasteiger partial charge in [-0.3, -0.25) is 4.79 Å². The first-order valence-electron chi connectivity index (χ1n) is 11.1. The number of carbonyl (C=O) groups is 2. The van der Waals surface area contributed by atoms with Gasteiger partial charge in [0.25, 0.3) is 5.91 Å². The highest BCUT2D eigenvalue weighted by Gasteiger charge is 2.45. The molecule has 0 saturated carbocycles. The third-order valence-electron chi connectivity index (χ3n) is 6.85. The summed E-state index contributed by atoms with van der Waals surface area (Å²) < 4.78 is 41.5. The Morgan fingerprint density at radius 2 is 1.94 bits per heavy atom. The maximum absolute atomic E-state index is 13.9. The molecule has 0 aromatic carbocycles. The molecule has 0 spiro atoms. The lowest BCUT2D eigenvalue weighted by molar-refractivity contribution is -0.136. The number of hydrogen-bond acceptors (Lipinski definition) is 6. The number of pyridine rings is 1. The first-order valence-corrected chi connectivity index (χ1v) is 12.0. The van der Waals surface area contributed by atoms with Gasteiger partial charge in [0.1, 0.15) is 5.82 Å². The molecule has 1 atom stereocenters. The van der Waals surface area contributed by atoms with Crippen LogP contribution in [-0.4, -0.2) is 71.8 Å². The zero-order valence-electron chi connectivity index (χ0n) is 19.2. The molecule has 2 aromatic heterocycles. The first kappa shape index (κ1) is 24.5. The second kappa shape index (κ2) is 8.88. The largest absolute Gasteiger partial charge is 0.465 e. The minimum absolute atomic E-state index is 0.0472. The number of thiophene rings is 1. The normalized spacial score (nSPS) is 21.6. The van der Waals surface area contributed by atoms with E-state index in [2.05, 4.69) is 15.6 Å². The van der Waals surface area contributed by atoms with E-state index in [-0.39, 0.29) is 33.6 Å². The van der Waals surface area contributed by atoms with Gasteiger partial charge in [-0.2, -0.15) is 13.2 Å². The summed E-state index contributed by atoms with van der Waals surface area (Å²) in [4.78, 5) is 31.8. The van der Waals surface area contributed by atoms with Crippen LogP contribution in [-0.2, 0) is 6.18 Å². The van der Waals surface area contributed by atoms with E-state index in [1.807, 2.05) is 13.8 Å². The van der Waals surface area contributed by atoms with E-state index >= 15 is 0 Å². The van der Waals surface area contributed by atoms with Crippen molar-refractivity contribution in [1.82, 2.24) is 20.5 Å². The fourth-order valence-electron chi connectivity index (χ4n) is 5.30. The number of rotatable bonds is 3. The number of piperazine rings is 1. The molecule has 2 aliphatic rings. The van der Waals surface area contributed by atoms with E-state index in [1.165, 1.54) is 17.3 Å². The van der Waals surface area contributed by atoms with Gasteiger partial charge in [0.15, 0.2) is 0 Å². The maximum atomic E-state index is 13.9. The number of aromatic nitrogens is 1. The number of carboxylic acid groups (broad SMARTS) is 1. The zero-order valence-corrected chi connectivity index (χ0v) is 20.0. The van der Waals surface area contributed by atoms with Crippen LogP contribution in [0.2, 0.25) is 0 Å². The van der Waals surface area contributed by atoms with Gasteiger partial charge in [-0.25, -0.2) is 9.78 Å². The Bertz CT molecular complexity index is 1100. The summed E-state index contributed by atoms with van der Waals surface area (Å²) in [6.45, 7) is 5.84. The number of alkyl halides is 3. The second-order valence-corrected chi connectivity index (χ2v) is 10.2. The lowest BCUT2D eigenvalue weighted by Gasteiger charge is -2.51. The van der Waals surface area contributed by atoms with Gasteiger partial charge >= 0.3 is 12.3 Å². The lowest BCUT2D eigenvalue weighted by Crippen LogP contribution is -2.68. The molecule has 0 bridgehead atoms. The Kier molecular flexibility index (Phi) is 6.40. The van der Waals surface area contributed by atoms with Crippen LogP contribution in [0.25, 0.3) is 10.2 Å². The second-order valence-electron chi connectivity index (χ2n) is 9.33. The summed E-state index contributed by atoms with van der Waals surface area (Å²) in [6, 6.07) is 0.821. The molecule has 4 heterocycles. The van der Waals surface area contributed by atoms with Crippen LogP contribution in [0.3, 0.4) is 0 Å². The molecule has 0 aliphatic carbocycles. The number of piperidine rings is 1. The van der Waals surface area contributed by atoms with Crippen molar-refractivity contribution in [3.63, 3.8) is 0 Å². The summed E-state index contributed by atoms with van der Waals surface area (Å²) in [5.74, 6) is -0.245. The van der Waals surface area contributed by atoms with Crippen LogP contribution in [0.15, 0.2) is 11.4 Å². The third kappa shape index (κ3) is 4.40. The molecular formula is C22H28F3N5O3S. The molecular weight excluding hydrogens is 471 g/mol.